The van der Waals surface area contributed by atoms with E-state index in [2.05, 4.69) is 9.97 Å². The summed E-state index contributed by atoms with van der Waals surface area (Å²) in [5.41, 5.74) is -0.371. The molecule has 2 heterocycles. The first-order valence-electron chi connectivity index (χ1n) is 16.6. The number of benzene rings is 3. The molecule has 0 N–H and O–H groups in total. The third-order valence-corrected chi connectivity index (χ3v) is 8.09. The zero-order chi connectivity index (χ0) is 36.5. The highest BCUT2D eigenvalue weighted by atomic mass is 19.1. The summed E-state index contributed by atoms with van der Waals surface area (Å²) in [6, 6.07) is 22.6. The molecule has 0 bridgehead atoms. The van der Waals surface area contributed by atoms with Crippen molar-refractivity contribution in [3.63, 3.8) is 0 Å². The van der Waals surface area contributed by atoms with Gasteiger partial charge in [-0.25, -0.2) is 9.78 Å². The van der Waals surface area contributed by atoms with Crippen LogP contribution in [0.4, 0.5) is 14.5 Å². The second kappa shape index (κ2) is 16.2. The summed E-state index contributed by atoms with van der Waals surface area (Å²) in [7, 11) is 1.84. The van der Waals surface area contributed by atoms with E-state index in [0.29, 0.717) is 24.2 Å². The van der Waals surface area contributed by atoms with Crippen molar-refractivity contribution < 1.29 is 32.5 Å². The number of nitriles is 1. The van der Waals surface area contributed by atoms with E-state index in [1.54, 1.807) is 37.5 Å². The van der Waals surface area contributed by atoms with Gasteiger partial charge in [0.15, 0.2) is 11.5 Å². The molecule has 0 saturated carbocycles. The molecule has 0 atom stereocenters. The van der Waals surface area contributed by atoms with Gasteiger partial charge in [0.2, 0.25) is 11.6 Å². The molecule has 0 unspecified atom stereocenters. The highest BCUT2D eigenvalue weighted by molar-refractivity contribution is 5.85. The summed E-state index contributed by atoms with van der Waals surface area (Å²) in [6.45, 7) is 6.94. The fourth-order valence-corrected chi connectivity index (χ4v) is 5.34. The van der Waals surface area contributed by atoms with Gasteiger partial charge < -0.3 is 28.4 Å². The minimum absolute atomic E-state index is 0.0403. The number of halogens is 2. The van der Waals surface area contributed by atoms with Crippen molar-refractivity contribution in [2.24, 2.45) is 7.05 Å². The molecule has 0 saturated heterocycles. The molecule has 12 heteroatoms. The fraction of sp³-hybridized carbons (Fsp3) is 0.282. The van der Waals surface area contributed by atoms with Crippen LogP contribution in [0.25, 0.3) is 11.4 Å². The van der Waals surface area contributed by atoms with Crippen molar-refractivity contribution in [1.29, 1.82) is 5.26 Å². The topological polar surface area (TPSA) is 112 Å². The van der Waals surface area contributed by atoms with Crippen LogP contribution in [0.5, 0.6) is 29.0 Å². The van der Waals surface area contributed by atoms with Gasteiger partial charge in [0.05, 0.1) is 18.2 Å². The lowest BCUT2D eigenvalue weighted by Crippen LogP contribution is -2.52. The second-order valence-corrected chi connectivity index (χ2v) is 12.1. The Labute approximate surface area is 295 Å². The van der Waals surface area contributed by atoms with Gasteiger partial charge in [-0.15, -0.1) is 0 Å². The Kier molecular flexibility index (Phi) is 11.5. The van der Waals surface area contributed by atoms with Crippen LogP contribution in [0.2, 0.25) is 0 Å². The van der Waals surface area contributed by atoms with E-state index in [9.17, 15) is 10.1 Å². The Morgan fingerprint density at radius 3 is 2.37 bits per heavy atom. The Hall–Kier alpha value is -5.96. The summed E-state index contributed by atoms with van der Waals surface area (Å²) < 4.78 is 58.9. The number of carbonyl (C=O) groups is 1. The number of aryl methyl sites for hydroxylation is 1. The average molecular weight is 696 g/mol. The van der Waals surface area contributed by atoms with E-state index in [4.69, 9.17) is 18.9 Å². The lowest BCUT2D eigenvalue weighted by Gasteiger charge is -2.38. The highest BCUT2D eigenvalue weighted by Gasteiger charge is 2.41. The van der Waals surface area contributed by atoms with Gasteiger partial charge >= 0.3 is 5.97 Å². The zero-order valence-electron chi connectivity index (χ0n) is 29.2. The summed E-state index contributed by atoms with van der Waals surface area (Å²) in [6.07, 6.45) is 4.59. The molecule has 3 aromatic carbocycles. The molecule has 5 rings (SSSR count). The van der Waals surface area contributed by atoms with Gasteiger partial charge in [0.1, 0.15) is 29.4 Å². The first-order valence-corrected chi connectivity index (χ1v) is 16.6. The number of hydrogen-bond acceptors (Lipinski definition) is 9. The smallest absolute Gasteiger partial charge is 0.331 e. The van der Waals surface area contributed by atoms with Gasteiger partial charge in [0, 0.05) is 37.6 Å². The molecule has 2 aromatic heterocycles. The van der Waals surface area contributed by atoms with E-state index in [1.165, 1.54) is 36.9 Å². The SMILES string of the molecule is CCCCN(c1c(F)c(Oc2cccc(-c3nccn3C)c2)nc(Oc2cc(C#N)ccc2OCc2ccccc2)c1F)C(C)(C)C(=O)OCC. The lowest BCUT2D eigenvalue weighted by molar-refractivity contribution is -0.148. The van der Waals surface area contributed by atoms with Crippen LogP contribution in [0.1, 0.15) is 51.7 Å². The molecule has 10 nitrogen and oxygen atoms in total. The molecule has 264 valence electrons. The van der Waals surface area contributed by atoms with Gasteiger partial charge in [0.25, 0.3) is 11.8 Å². The Bertz CT molecular complexity index is 2030. The van der Waals surface area contributed by atoms with Crippen LogP contribution >= 0.6 is 0 Å². The first-order chi connectivity index (χ1) is 24.6. The first kappa shape index (κ1) is 36.3. The predicted molar refractivity (Wildman–Crippen MR) is 188 cm³/mol. The van der Waals surface area contributed by atoms with E-state index >= 15 is 8.78 Å². The maximum Gasteiger partial charge on any atom is 0.331 e. The van der Waals surface area contributed by atoms with Crippen LogP contribution in [0.3, 0.4) is 0 Å². The fourth-order valence-electron chi connectivity index (χ4n) is 5.34. The van der Waals surface area contributed by atoms with E-state index in [-0.39, 0.29) is 42.6 Å². The van der Waals surface area contributed by atoms with E-state index in [0.717, 1.165) is 5.56 Å². The molecular formula is C39H39F2N5O5. The van der Waals surface area contributed by atoms with Crippen LogP contribution in [0, 0.1) is 23.0 Å². The van der Waals surface area contributed by atoms with Gasteiger partial charge in [-0.05, 0) is 57.0 Å². The Morgan fingerprint density at radius 2 is 1.71 bits per heavy atom. The number of aromatic nitrogens is 3. The minimum Gasteiger partial charge on any atom is -0.485 e. The molecule has 0 aliphatic carbocycles. The number of esters is 1. The number of rotatable bonds is 15. The van der Waals surface area contributed by atoms with Gasteiger partial charge in [-0.2, -0.15) is 19.0 Å². The number of unbranched alkanes of at least 4 members (excludes halogenated alkanes) is 1. The van der Waals surface area contributed by atoms with Crippen molar-refractivity contribution in [2.45, 2.75) is 52.7 Å². The summed E-state index contributed by atoms with van der Waals surface area (Å²) in [5.74, 6) is -3.32. The molecule has 0 aliphatic heterocycles. The third kappa shape index (κ3) is 8.27. The summed E-state index contributed by atoms with van der Waals surface area (Å²) in [5, 5.41) is 9.66. The quantitative estimate of drug-likeness (QED) is 0.0993. The van der Waals surface area contributed by atoms with Crippen molar-refractivity contribution in [1.82, 2.24) is 14.5 Å². The monoisotopic (exact) mass is 695 g/mol. The van der Waals surface area contributed by atoms with Crippen molar-refractivity contribution in [3.05, 3.63) is 108 Å². The number of pyridine rings is 1. The van der Waals surface area contributed by atoms with E-state index in [1.807, 2.05) is 61.0 Å². The Morgan fingerprint density at radius 1 is 0.961 bits per heavy atom. The largest absolute Gasteiger partial charge is 0.485 e. The van der Waals surface area contributed by atoms with Crippen LogP contribution < -0.4 is 19.1 Å². The highest BCUT2D eigenvalue weighted by Crippen LogP contribution is 2.42. The molecule has 0 aliphatic rings. The molecule has 0 fully saturated rings. The summed E-state index contributed by atoms with van der Waals surface area (Å²) in [4.78, 5) is 23.1. The van der Waals surface area contributed by atoms with Crippen LogP contribution in [-0.4, -0.2) is 39.2 Å². The maximum atomic E-state index is 16.9. The van der Waals surface area contributed by atoms with Crippen LogP contribution in [-0.2, 0) is 23.2 Å². The van der Waals surface area contributed by atoms with E-state index < -0.39 is 40.6 Å². The van der Waals surface area contributed by atoms with Crippen molar-refractivity contribution in [2.75, 3.05) is 18.1 Å². The third-order valence-electron chi connectivity index (χ3n) is 8.09. The van der Waals surface area contributed by atoms with Crippen LogP contribution in [0.15, 0.2) is 85.2 Å². The number of anilines is 1. The number of hydrogen-bond donors (Lipinski definition) is 0. The summed E-state index contributed by atoms with van der Waals surface area (Å²) >= 11 is 0. The minimum atomic E-state index is -1.52. The normalized spacial score (nSPS) is 11.1. The van der Waals surface area contributed by atoms with Crippen molar-refractivity contribution in [3.8, 4) is 46.5 Å². The Balaban J connectivity index is 1.65. The molecule has 0 amide bonds. The van der Waals surface area contributed by atoms with Crippen molar-refractivity contribution >= 4 is 11.7 Å². The standard InChI is InChI=1S/C39H39F2N5O5/c1-6-8-20-46(39(3,4)38(47)48-7-2)34-32(40)36(50-29-16-12-15-28(23-29)35-43-19-21-45(35)5)44-37(33(34)41)51-31-22-27(24-42)17-18-30(31)49-25-26-13-10-9-11-14-26/h9-19,21-23H,6-8,20,25H2,1-5H3. The number of carbonyl (C=O) groups excluding carboxylic acids is 1. The molecule has 0 radical (unpaired) electrons. The van der Waals surface area contributed by atoms with Gasteiger partial charge in [-0.3, -0.25) is 0 Å². The van der Waals surface area contributed by atoms with Gasteiger partial charge in [-0.1, -0.05) is 55.8 Å². The number of imidazole rings is 1. The molecule has 0 spiro atoms. The number of ether oxygens (including phenoxy) is 4. The molecule has 51 heavy (non-hydrogen) atoms. The average Bonchev–Trinajstić information content (AvgIpc) is 3.57. The zero-order valence-corrected chi connectivity index (χ0v) is 29.2. The lowest BCUT2D eigenvalue weighted by atomic mass is 10.0. The molecular weight excluding hydrogens is 656 g/mol. The number of nitrogens with zero attached hydrogens (tertiary/aromatic N) is 5. The maximum absolute atomic E-state index is 16.9. The predicted octanol–water partition coefficient (Wildman–Crippen LogP) is 8.74. The molecule has 5 aromatic rings. The second-order valence-electron chi connectivity index (χ2n) is 12.1.